The molecule has 0 unspecified atom stereocenters. The Kier molecular flexibility index (Phi) is 4.14. The van der Waals surface area contributed by atoms with Crippen LogP contribution in [0.15, 0.2) is 35.5 Å². The Bertz CT molecular complexity index is 695. The zero-order chi connectivity index (χ0) is 14.6. The van der Waals surface area contributed by atoms with Gasteiger partial charge < -0.3 is 5.32 Å². The maximum atomic E-state index is 12.1. The minimum Gasteiger partial charge on any atom is -0.345 e. The molecule has 1 amide bonds. The number of amides is 1. The molecule has 7 nitrogen and oxygen atoms in total. The second kappa shape index (κ2) is 5.83. The third-order valence-corrected chi connectivity index (χ3v) is 4.51. The molecule has 106 valence electrons. The zero-order valence-electron chi connectivity index (χ0n) is 10.8. The highest BCUT2D eigenvalue weighted by molar-refractivity contribution is 7.91. The maximum absolute atomic E-state index is 12.1. The highest BCUT2D eigenvalue weighted by atomic mass is 32.2. The minimum absolute atomic E-state index is 0.0394. The van der Waals surface area contributed by atoms with Gasteiger partial charge in [0.05, 0.1) is 22.8 Å². The molecule has 0 saturated carbocycles. The number of H-pyrrole nitrogens is 1. The van der Waals surface area contributed by atoms with Crippen LogP contribution in [-0.4, -0.2) is 35.3 Å². The van der Waals surface area contributed by atoms with E-state index in [1.165, 1.54) is 18.5 Å². The van der Waals surface area contributed by atoms with Gasteiger partial charge in [-0.3, -0.25) is 9.89 Å². The first-order valence-corrected chi connectivity index (χ1v) is 7.64. The van der Waals surface area contributed by atoms with E-state index in [-0.39, 0.29) is 22.8 Å². The monoisotopic (exact) mass is 294 g/mol. The number of carbonyl (C=O) groups excluding carboxylic acids is 1. The summed E-state index contributed by atoms with van der Waals surface area (Å²) in [6.07, 6.45) is 1.33. The van der Waals surface area contributed by atoms with E-state index in [0.717, 1.165) is 0 Å². The molecule has 0 fully saturated rings. The molecular formula is C12H14N4O3S. The molecule has 8 heteroatoms. The molecular weight excluding hydrogens is 280 g/mol. The number of sulfone groups is 1. The van der Waals surface area contributed by atoms with E-state index in [9.17, 15) is 13.2 Å². The third-order valence-electron chi connectivity index (χ3n) is 2.73. The topological polar surface area (TPSA) is 105 Å². The average Bonchev–Trinajstić information content (AvgIpc) is 2.98. The summed E-state index contributed by atoms with van der Waals surface area (Å²) in [5.74, 6) is -0.0254. The van der Waals surface area contributed by atoms with Crippen LogP contribution < -0.4 is 5.32 Å². The maximum Gasteiger partial charge on any atom is 0.252 e. The number of hydrogen-bond acceptors (Lipinski definition) is 5. The summed E-state index contributed by atoms with van der Waals surface area (Å²) < 4.78 is 23.9. The molecule has 0 aliphatic rings. The number of carbonyl (C=O) groups is 1. The number of hydrogen-bond donors (Lipinski definition) is 2. The van der Waals surface area contributed by atoms with Crippen molar-refractivity contribution in [3.8, 4) is 0 Å². The minimum atomic E-state index is -3.44. The quantitative estimate of drug-likeness (QED) is 0.837. The van der Waals surface area contributed by atoms with Crippen molar-refractivity contribution in [2.45, 2.75) is 18.4 Å². The molecule has 1 heterocycles. The summed E-state index contributed by atoms with van der Waals surface area (Å²) in [6, 6.07) is 6.13. The molecule has 2 rings (SSSR count). The number of nitrogens with one attached hydrogen (secondary N) is 2. The fourth-order valence-electron chi connectivity index (χ4n) is 1.66. The van der Waals surface area contributed by atoms with Gasteiger partial charge in [-0.2, -0.15) is 5.10 Å². The Morgan fingerprint density at radius 3 is 2.75 bits per heavy atom. The van der Waals surface area contributed by atoms with E-state index in [2.05, 4.69) is 20.5 Å². The van der Waals surface area contributed by atoms with Crippen LogP contribution in [0.25, 0.3) is 0 Å². The van der Waals surface area contributed by atoms with Crippen LogP contribution in [0.2, 0.25) is 0 Å². The van der Waals surface area contributed by atoms with Crippen molar-refractivity contribution in [2.75, 3.05) is 5.75 Å². The molecule has 20 heavy (non-hydrogen) atoms. The van der Waals surface area contributed by atoms with E-state index in [4.69, 9.17) is 0 Å². The van der Waals surface area contributed by atoms with Gasteiger partial charge in [-0.15, -0.1) is 0 Å². The van der Waals surface area contributed by atoms with Gasteiger partial charge in [-0.05, 0) is 12.1 Å². The van der Waals surface area contributed by atoms with Crippen LogP contribution in [0.1, 0.15) is 23.1 Å². The Labute approximate surface area is 116 Å². The SMILES string of the molecule is CCS(=O)(=O)c1ccccc1C(=O)NCc1ncn[nH]1. The van der Waals surface area contributed by atoms with Crippen molar-refractivity contribution in [3.05, 3.63) is 42.0 Å². The highest BCUT2D eigenvalue weighted by Crippen LogP contribution is 2.16. The number of benzene rings is 1. The fraction of sp³-hybridized carbons (Fsp3) is 0.250. The van der Waals surface area contributed by atoms with Crippen molar-refractivity contribution < 1.29 is 13.2 Å². The molecule has 0 radical (unpaired) electrons. The number of aromatic nitrogens is 3. The van der Waals surface area contributed by atoms with Gasteiger partial charge in [0.1, 0.15) is 12.2 Å². The molecule has 0 bridgehead atoms. The first-order chi connectivity index (χ1) is 9.54. The highest BCUT2D eigenvalue weighted by Gasteiger charge is 2.20. The van der Waals surface area contributed by atoms with E-state index in [1.54, 1.807) is 19.1 Å². The summed E-state index contributed by atoms with van der Waals surface area (Å²) in [5.41, 5.74) is 0.133. The first kappa shape index (κ1) is 14.2. The van der Waals surface area contributed by atoms with Crippen molar-refractivity contribution >= 4 is 15.7 Å². The van der Waals surface area contributed by atoms with Crippen LogP contribution in [0.3, 0.4) is 0 Å². The van der Waals surface area contributed by atoms with E-state index in [0.29, 0.717) is 5.82 Å². The molecule has 0 aliphatic carbocycles. The van der Waals surface area contributed by atoms with Crippen LogP contribution in [-0.2, 0) is 16.4 Å². The van der Waals surface area contributed by atoms with E-state index < -0.39 is 15.7 Å². The smallest absolute Gasteiger partial charge is 0.252 e. The Morgan fingerprint density at radius 2 is 2.10 bits per heavy atom. The predicted molar refractivity (Wildman–Crippen MR) is 71.7 cm³/mol. The largest absolute Gasteiger partial charge is 0.345 e. The van der Waals surface area contributed by atoms with Gasteiger partial charge in [0.25, 0.3) is 5.91 Å². The molecule has 2 aromatic rings. The molecule has 0 atom stereocenters. The third kappa shape index (κ3) is 3.02. The van der Waals surface area contributed by atoms with Crippen molar-refractivity contribution in [2.24, 2.45) is 0 Å². The van der Waals surface area contributed by atoms with Gasteiger partial charge in [0, 0.05) is 0 Å². The normalized spacial score (nSPS) is 11.2. The number of rotatable bonds is 5. The molecule has 1 aromatic heterocycles. The number of nitrogens with zero attached hydrogens (tertiary/aromatic N) is 2. The van der Waals surface area contributed by atoms with Gasteiger partial charge in [-0.1, -0.05) is 19.1 Å². The van der Waals surface area contributed by atoms with Crippen molar-refractivity contribution in [1.82, 2.24) is 20.5 Å². The molecule has 2 N–H and O–H groups in total. The standard InChI is InChI=1S/C12H14N4O3S/c1-2-20(18,19)10-6-4-3-5-9(10)12(17)13-7-11-14-8-15-16-11/h3-6,8H,2,7H2,1H3,(H,13,17)(H,14,15,16). The number of aromatic amines is 1. The lowest BCUT2D eigenvalue weighted by Gasteiger charge is -2.09. The van der Waals surface area contributed by atoms with Crippen LogP contribution in [0, 0.1) is 0 Å². The molecule has 1 aromatic carbocycles. The van der Waals surface area contributed by atoms with Crippen LogP contribution >= 0.6 is 0 Å². The zero-order valence-corrected chi connectivity index (χ0v) is 11.6. The lowest BCUT2D eigenvalue weighted by atomic mass is 10.2. The Balaban J connectivity index is 2.22. The summed E-state index contributed by atoms with van der Waals surface area (Å²) in [5, 5.41) is 8.87. The van der Waals surface area contributed by atoms with E-state index >= 15 is 0 Å². The summed E-state index contributed by atoms with van der Waals surface area (Å²) in [4.78, 5) is 16.0. The van der Waals surface area contributed by atoms with Gasteiger partial charge >= 0.3 is 0 Å². The predicted octanol–water partition coefficient (Wildman–Crippen LogP) is 0.528. The van der Waals surface area contributed by atoms with Gasteiger partial charge in [0.2, 0.25) is 0 Å². The Hall–Kier alpha value is -2.22. The molecule has 0 spiro atoms. The Morgan fingerprint density at radius 1 is 1.35 bits per heavy atom. The second-order valence-electron chi connectivity index (χ2n) is 4.01. The molecule has 0 aliphatic heterocycles. The van der Waals surface area contributed by atoms with Crippen molar-refractivity contribution in [3.63, 3.8) is 0 Å². The lowest BCUT2D eigenvalue weighted by molar-refractivity contribution is 0.0946. The average molecular weight is 294 g/mol. The van der Waals surface area contributed by atoms with Gasteiger partial charge in [-0.25, -0.2) is 13.4 Å². The first-order valence-electron chi connectivity index (χ1n) is 5.99. The summed E-state index contributed by atoms with van der Waals surface area (Å²) in [6.45, 7) is 1.69. The molecule has 0 saturated heterocycles. The lowest BCUT2D eigenvalue weighted by Crippen LogP contribution is -2.25. The van der Waals surface area contributed by atoms with Crippen LogP contribution in [0.4, 0.5) is 0 Å². The van der Waals surface area contributed by atoms with Crippen LogP contribution in [0.5, 0.6) is 0 Å². The van der Waals surface area contributed by atoms with Crippen molar-refractivity contribution in [1.29, 1.82) is 0 Å². The summed E-state index contributed by atoms with van der Waals surface area (Å²) in [7, 11) is -3.44. The summed E-state index contributed by atoms with van der Waals surface area (Å²) >= 11 is 0. The second-order valence-corrected chi connectivity index (χ2v) is 6.26. The van der Waals surface area contributed by atoms with Gasteiger partial charge in [0.15, 0.2) is 9.84 Å². The fourth-order valence-corrected chi connectivity index (χ4v) is 2.75. The van der Waals surface area contributed by atoms with E-state index in [1.807, 2.05) is 0 Å².